The molecule has 0 aliphatic carbocycles. The minimum Gasteiger partial charge on any atom is -0.382 e. The van der Waals surface area contributed by atoms with Crippen LogP contribution in [0.15, 0.2) is 78.9 Å². The van der Waals surface area contributed by atoms with Gasteiger partial charge in [-0.2, -0.15) is 0 Å². The van der Waals surface area contributed by atoms with Gasteiger partial charge < -0.3 is 9.84 Å². The lowest BCUT2D eigenvalue weighted by atomic mass is 9.81. The van der Waals surface area contributed by atoms with Crippen molar-refractivity contribution in [3.63, 3.8) is 0 Å². The predicted octanol–water partition coefficient (Wildman–Crippen LogP) is 5.32. The fourth-order valence-corrected chi connectivity index (χ4v) is 4.61. The van der Waals surface area contributed by atoms with E-state index in [4.69, 9.17) is 27.9 Å². The van der Waals surface area contributed by atoms with Crippen molar-refractivity contribution >= 4 is 23.2 Å². The molecule has 3 aromatic carbocycles. The van der Waals surface area contributed by atoms with Crippen LogP contribution < -0.4 is 0 Å². The molecule has 3 nitrogen and oxygen atoms in total. The Kier molecular flexibility index (Phi) is 6.77. The minimum atomic E-state index is -1.26. The van der Waals surface area contributed by atoms with Gasteiger partial charge in [0.1, 0.15) is 11.7 Å². The highest BCUT2D eigenvalue weighted by molar-refractivity contribution is 6.36. The van der Waals surface area contributed by atoms with E-state index in [1.165, 1.54) is 5.56 Å². The number of benzene rings is 3. The number of hydrogen-bond donors (Lipinski definition) is 1. The number of morpholine rings is 1. The highest BCUT2D eigenvalue weighted by atomic mass is 35.5. The second-order valence-corrected chi connectivity index (χ2v) is 8.56. The first-order valence-electron chi connectivity index (χ1n) is 10.1. The van der Waals surface area contributed by atoms with Crippen molar-refractivity contribution in [3.05, 3.63) is 106 Å². The molecule has 3 aromatic rings. The molecular formula is C25H25Cl2NO2. The molecule has 0 spiro atoms. The maximum absolute atomic E-state index is 12.0. The average Bonchev–Trinajstić information content (AvgIpc) is 2.78. The van der Waals surface area contributed by atoms with Gasteiger partial charge in [0, 0.05) is 36.1 Å². The molecule has 1 saturated heterocycles. The molecule has 1 N–H and O–H groups in total. The van der Waals surface area contributed by atoms with Crippen molar-refractivity contribution in [3.8, 4) is 0 Å². The molecule has 1 heterocycles. The smallest absolute Gasteiger partial charge is 0.121 e. The van der Waals surface area contributed by atoms with Gasteiger partial charge in [-0.1, -0.05) is 89.9 Å². The third-order valence-corrected chi connectivity index (χ3v) is 6.42. The first kappa shape index (κ1) is 21.4. The van der Waals surface area contributed by atoms with Gasteiger partial charge in [-0.25, -0.2) is 0 Å². The number of nitrogens with zero attached hydrogens (tertiary/aromatic N) is 1. The molecule has 5 heteroatoms. The Morgan fingerprint density at radius 2 is 1.53 bits per heavy atom. The van der Waals surface area contributed by atoms with Gasteiger partial charge in [-0.3, -0.25) is 4.90 Å². The van der Waals surface area contributed by atoms with E-state index in [-0.39, 0.29) is 6.42 Å². The second-order valence-electron chi connectivity index (χ2n) is 7.75. The summed E-state index contributed by atoms with van der Waals surface area (Å²) in [4.78, 5) is 2.33. The second kappa shape index (κ2) is 9.51. The van der Waals surface area contributed by atoms with E-state index in [9.17, 15) is 5.11 Å². The normalized spacial score (nSPS) is 19.4. The summed E-state index contributed by atoms with van der Waals surface area (Å²) in [7, 11) is 0. The summed E-state index contributed by atoms with van der Waals surface area (Å²) < 4.78 is 6.14. The van der Waals surface area contributed by atoms with Crippen LogP contribution in [0.1, 0.15) is 16.7 Å². The van der Waals surface area contributed by atoms with E-state index in [2.05, 4.69) is 17.0 Å². The maximum atomic E-state index is 12.0. The van der Waals surface area contributed by atoms with Crippen LogP contribution in [0.25, 0.3) is 0 Å². The SMILES string of the molecule is O[C@](Cc1c(Cl)cccc1Cl)(c1ccccc1)[C@@H]1CN(Cc2ccccc2)CCO1. The number of ether oxygens (including phenoxy) is 1. The lowest BCUT2D eigenvalue weighted by Crippen LogP contribution is -2.53. The summed E-state index contributed by atoms with van der Waals surface area (Å²) in [6, 6.07) is 25.5. The van der Waals surface area contributed by atoms with Crippen molar-refractivity contribution in [2.24, 2.45) is 0 Å². The van der Waals surface area contributed by atoms with Gasteiger partial charge in [0.2, 0.25) is 0 Å². The summed E-state index contributed by atoms with van der Waals surface area (Å²) in [5.74, 6) is 0. The molecule has 0 saturated carbocycles. The molecule has 0 unspecified atom stereocenters. The molecule has 1 aliphatic rings. The Morgan fingerprint density at radius 1 is 0.900 bits per heavy atom. The molecule has 0 amide bonds. The average molecular weight is 442 g/mol. The van der Waals surface area contributed by atoms with Gasteiger partial charge in [0.05, 0.1) is 6.61 Å². The lowest BCUT2D eigenvalue weighted by Gasteiger charge is -2.42. The van der Waals surface area contributed by atoms with Gasteiger partial charge >= 0.3 is 0 Å². The van der Waals surface area contributed by atoms with Crippen LogP contribution in [0.5, 0.6) is 0 Å². The Balaban J connectivity index is 1.64. The van der Waals surface area contributed by atoms with E-state index in [1.54, 1.807) is 12.1 Å². The topological polar surface area (TPSA) is 32.7 Å². The molecule has 1 aliphatic heterocycles. The van der Waals surface area contributed by atoms with E-state index >= 15 is 0 Å². The van der Waals surface area contributed by atoms with Crippen molar-refractivity contribution in [1.82, 2.24) is 4.90 Å². The number of rotatable bonds is 6. The first-order valence-corrected chi connectivity index (χ1v) is 10.9. The molecule has 1 fully saturated rings. The number of aliphatic hydroxyl groups is 1. The highest BCUT2D eigenvalue weighted by Crippen LogP contribution is 2.37. The first-order chi connectivity index (χ1) is 14.6. The molecule has 0 radical (unpaired) electrons. The van der Waals surface area contributed by atoms with Crippen LogP contribution in [0, 0.1) is 0 Å². The fraction of sp³-hybridized carbons (Fsp3) is 0.280. The number of hydrogen-bond acceptors (Lipinski definition) is 3. The van der Waals surface area contributed by atoms with Crippen LogP contribution >= 0.6 is 23.2 Å². The third-order valence-electron chi connectivity index (χ3n) is 5.71. The van der Waals surface area contributed by atoms with Gasteiger partial charge in [0.25, 0.3) is 0 Å². The van der Waals surface area contributed by atoms with E-state index in [1.807, 2.05) is 54.6 Å². The fourth-order valence-electron chi connectivity index (χ4n) is 4.08. The molecule has 30 heavy (non-hydrogen) atoms. The van der Waals surface area contributed by atoms with Crippen LogP contribution in [0.3, 0.4) is 0 Å². The summed E-state index contributed by atoms with van der Waals surface area (Å²) in [6.45, 7) is 2.81. The molecule has 2 atom stereocenters. The molecule has 0 bridgehead atoms. The van der Waals surface area contributed by atoms with Gasteiger partial charge in [-0.05, 0) is 28.8 Å². The van der Waals surface area contributed by atoms with Crippen LogP contribution in [-0.4, -0.2) is 35.8 Å². The van der Waals surface area contributed by atoms with Crippen LogP contribution in [-0.2, 0) is 23.3 Å². The molecular weight excluding hydrogens is 417 g/mol. The molecule has 4 rings (SSSR count). The lowest BCUT2D eigenvalue weighted by molar-refractivity contribution is -0.149. The monoisotopic (exact) mass is 441 g/mol. The summed E-state index contributed by atoms with van der Waals surface area (Å²) >= 11 is 12.9. The maximum Gasteiger partial charge on any atom is 0.121 e. The van der Waals surface area contributed by atoms with E-state index in [0.717, 1.165) is 24.2 Å². The number of halogens is 2. The van der Waals surface area contributed by atoms with E-state index in [0.29, 0.717) is 23.2 Å². The largest absolute Gasteiger partial charge is 0.382 e. The Hall–Kier alpha value is -1.88. The van der Waals surface area contributed by atoms with Gasteiger partial charge in [0.15, 0.2) is 0 Å². The summed E-state index contributed by atoms with van der Waals surface area (Å²) in [6.07, 6.45) is -0.135. The molecule has 0 aromatic heterocycles. The molecule has 156 valence electrons. The minimum absolute atomic E-state index is 0.277. The standard InChI is InChI=1S/C25H25Cl2NO2/c26-22-12-7-13-23(27)21(22)16-25(29,20-10-5-2-6-11-20)24-18-28(14-15-30-24)17-19-8-3-1-4-9-19/h1-13,24,29H,14-18H2/t24-,25+/m0/s1. The van der Waals surface area contributed by atoms with Crippen LogP contribution in [0.2, 0.25) is 10.0 Å². The van der Waals surface area contributed by atoms with Crippen molar-refractivity contribution in [2.45, 2.75) is 24.7 Å². The zero-order chi connectivity index (χ0) is 21.0. The summed E-state index contributed by atoms with van der Waals surface area (Å²) in [5.41, 5.74) is 1.52. The van der Waals surface area contributed by atoms with E-state index < -0.39 is 11.7 Å². The highest BCUT2D eigenvalue weighted by Gasteiger charge is 2.42. The summed E-state index contributed by atoms with van der Waals surface area (Å²) in [5, 5.41) is 13.1. The van der Waals surface area contributed by atoms with Crippen LogP contribution in [0.4, 0.5) is 0 Å². The zero-order valence-corrected chi connectivity index (χ0v) is 18.2. The van der Waals surface area contributed by atoms with Crippen molar-refractivity contribution < 1.29 is 9.84 Å². The van der Waals surface area contributed by atoms with Gasteiger partial charge in [-0.15, -0.1) is 0 Å². The third kappa shape index (κ3) is 4.72. The Morgan fingerprint density at radius 3 is 2.20 bits per heavy atom. The Labute approximate surface area is 187 Å². The predicted molar refractivity (Wildman–Crippen MR) is 122 cm³/mol. The quantitative estimate of drug-likeness (QED) is 0.561. The van der Waals surface area contributed by atoms with Crippen molar-refractivity contribution in [1.29, 1.82) is 0 Å². The zero-order valence-electron chi connectivity index (χ0n) is 16.7. The van der Waals surface area contributed by atoms with Crippen molar-refractivity contribution in [2.75, 3.05) is 19.7 Å². The Bertz CT molecular complexity index is 947.